The third kappa shape index (κ3) is 2.50. The third-order valence-corrected chi connectivity index (χ3v) is 3.43. The van der Waals surface area contributed by atoms with Gasteiger partial charge in [-0.3, -0.25) is 0 Å². The Balaban J connectivity index is 1.94. The lowest BCUT2D eigenvalue weighted by Gasteiger charge is -2.24. The summed E-state index contributed by atoms with van der Waals surface area (Å²) in [4.78, 5) is 8.75. The smallest absolute Gasteiger partial charge is 0.297 e. The highest BCUT2D eigenvalue weighted by Gasteiger charge is 2.23. The molecule has 0 amide bonds. The Morgan fingerprint density at radius 2 is 2.50 bits per heavy atom. The molecular weight excluding hydrogens is 226 g/mol. The van der Waals surface area contributed by atoms with Crippen molar-refractivity contribution in [2.45, 2.75) is 24.8 Å². The second-order valence-electron chi connectivity index (χ2n) is 4.41. The summed E-state index contributed by atoms with van der Waals surface area (Å²) < 4.78 is 5.37. The zero-order chi connectivity index (χ0) is 11.5. The Kier molecular flexibility index (Phi) is 3.71. The lowest BCUT2D eigenvalue weighted by molar-refractivity contribution is 0.311. The van der Waals surface area contributed by atoms with Crippen LogP contribution in [0.15, 0.2) is 10.7 Å². The Morgan fingerprint density at radius 1 is 1.69 bits per heavy atom. The van der Waals surface area contributed by atoms with Gasteiger partial charge in [-0.15, -0.1) is 11.6 Å². The SMILES string of the molecule is CN(CC1CCCN1C)c1nc(CCl)co1. The lowest BCUT2D eigenvalue weighted by atomic mass is 10.2. The maximum Gasteiger partial charge on any atom is 0.297 e. The Bertz CT molecular complexity index is 342. The molecule has 0 radical (unpaired) electrons. The van der Waals surface area contributed by atoms with Crippen molar-refractivity contribution in [2.24, 2.45) is 0 Å². The van der Waals surface area contributed by atoms with Gasteiger partial charge in [0.25, 0.3) is 6.01 Å². The minimum absolute atomic E-state index is 0.403. The van der Waals surface area contributed by atoms with E-state index in [0.29, 0.717) is 17.9 Å². The summed E-state index contributed by atoms with van der Waals surface area (Å²) in [7, 11) is 4.18. The number of likely N-dealkylation sites (N-methyl/N-ethyl adjacent to an activating group) is 2. The van der Waals surface area contributed by atoms with E-state index in [-0.39, 0.29) is 0 Å². The molecule has 5 heteroatoms. The molecule has 0 aromatic carbocycles. The van der Waals surface area contributed by atoms with Crippen LogP contribution >= 0.6 is 11.6 Å². The highest BCUT2D eigenvalue weighted by atomic mass is 35.5. The van der Waals surface area contributed by atoms with Crippen molar-refractivity contribution in [3.05, 3.63) is 12.0 Å². The predicted octanol–water partition coefficient (Wildman–Crippen LogP) is 1.94. The number of anilines is 1. The van der Waals surface area contributed by atoms with Gasteiger partial charge in [0.1, 0.15) is 6.26 Å². The van der Waals surface area contributed by atoms with E-state index < -0.39 is 0 Å². The van der Waals surface area contributed by atoms with Crippen LogP contribution in [0.25, 0.3) is 0 Å². The van der Waals surface area contributed by atoms with Gasteiger partial charge >= 0.3 is 0 Å². The number of hydrogen-bond acceptors (Lipinski definition) is 4. The number of likely N-dealkylation sites (tertiary alicyclic amines) is 1. The maximum atomic E-state index is 5.69. The third-order valence-electron chi connectivity index (χ3n) is 3.16. The molecule has 1 fully saturated rings. The van der Waals surface area contributed by atoms with E-state index in [1.165, 1.54) is 19.4 Å². The molecule has 0 saturated carbocycles. The van der Waals surface area contributed by atoms with E-state index in [0.717, 1.165) is 12.2 Å². The van der Waals surface area contributed by atoms with Gasteiger partial charge in [-0.25, -0.2) is 0 Å². The molecule has 2 heterocycles. The quantitative estimate of drug-likeness (QED) is 0.757. The van der Waals surface area contributed by atoms with E-state index in [9.17, 15) is 0 Å². The van der Waals surface area contributed by atoms with Crippen LogP contribution in [0.4, 0.5) is 6.01 Å². The summed E-state index contributed by atoms with van der Waals surface area (Å²) >= 11 is 5.69. The van der Waals surface area contributed by atoms with Crippen LogP contribution in [0.1, 0.15) is 18.5 Å². The van der Waals surface area contributed by atoms with Gasteiger partial charge in [0.05, 0.1) is 11.6 Å². The zero-order valence-electron chi connectivity index (χ0n) is 9.82. The Morgan fingerprint density at radius 3 is 3.06 bits per heavy atom. The summed E-state index contributed by atoms with van der Waals surface area (Å²) in [5, 5.41) is 0. The van der Waals surface area contributed by atoms with Crippen molar-refractivity contribution in [3.63, 3.8) is 0 Å². The highest BCUT2D eigenvalue weighted by molar-refractivity contribution is 6.16. The Hall–Kier alpha value is -0.740. The summed E-state index contributed by atoms with van der Waals surface area (Å²) in [6.45, 7) is 2.15. The van der Waals surface area contributed by atoms with E-state index in [2.05, 4.69) is 21.8 Å². The van der Waals surface area contributed by atoms with Crippen molar-refractivity contribution in [1.82, 2.24) is 9.88 Å². The molecule has 1 atom stereocenters. The van der Waals surface area contributed by atoms with Gasteiger partial charge < -0.3 is 14.2 Å². The molecule has 1 aliphatic heterocycles. The zero-order valence-corrected chi connectivity index (χ0v) is 10.6. The van der Waals surface area contributed by atoms with Crippen molar-refractivity contribution in [2.75, 3.05) is 32.1 Å². The number of aromatic nitrogens is 1. The minimum Gasteiger partial charge on any atom is -0.432 e. The summed E-state index contributed by atoms with van der Waals surface area (Å²) in [6.07, 6.45) is 4.16. The molecule has 4 nitrogen and oxygen atoms in total. The first kappa shape index (κ1) is 11.7. The fourth-order valence-electron chi connectivity index (χ4n) is 2.14. The number of alkyl halides is 1. The Labute approximate surface area is 101 Å². The van der Waals surface area contributed by atoms with Crippen LogP contribution in [0.2, 0.25) is 0 Å². The average Bonchev–Trinajstić information content (AvgIpc) is 2.88. The first-order chi connectivity index (χ1) is 7.70. The summed E-state index contributed by atoms with van der Waals surface area (Å²) in [5.74, 6) is 0.403. The molecule has 1 aromatic heterocycles. The number of halogens is 1. The fraction of sp³-hybridized carbons (Fsp3) is 0.727. The minimum atomic E-state index is 0.403. The highest BCUT2D eigenvalue weighted by Crippen LogP contribution is 2.19. The second kappa shape index (κ2) is 5.06. The van der Waals surface area contributed by atoms with Crippen molar-refractivity contribution < 1.29 is 4.42 Å². The maximum absolute atomic E-state index is 5.69. The van der Waals surface area contributed by atoms with Crippen molar-refractivity contribution in [1.29, 1.82) is 0 Å². The lowest BCUT2D eigenvalue weighted by Crippen LogP contribution is -2.36. The van der Waals surface area contributed by atoms with E-state index in [1.54, 1.807) is 6.26 Å². The van der Waals surface area contributed by atoms with Gasteiger partial charge in [-0.2, -0.15) is 4.98 Å². The van der Waals surface area contributed by atoms with Gasteiger partial charge in [0.15, 0.2) is 0 Å². The molecule has 2 rings (SSSR count). The van der Waals surface area contributed by atoms with E-state index >= 15 is 0 Å². The molecule has 1 aliphatic rings. The van der Waals surface area contributed by atoms with Crippen LogP contribution in [-0.2, 0) is 5.88 Å². The first-order valence-electron chi connectivity index (χ1n) is 5.62. The van der Waals surface area contributed by atoms with Gasteiger partial charge in [0, 0.05) is 19.6 Å². The standard InChI is InChI=1S/C11H18ClN3O/c1-14-5-3-4-10(14)7-15(2)11-13-9(6-12)8-16-11/h8,10H,3-7H2,1-2H3. The predicted molar refractivity (Wildman–Crippen MR) is 65.0 cm³/mol. The number of hydrogen-bond donors (Lipinski definition) is 0. The van der Waals surface area contributed by atoms with Crippen molar-refractivity contribution >= 4 is 17.6 Å². The molecule has 90 valence electrons. The largest absolute Gasteiger partial charge is 0.432 e. The van der Waals surface area contributed by atoms with Gasteiger partial charge in [0.2, 0.25) is 0 Å². The molecule has 1 saturated heterocycles. The van der Waals surface area contributed by atoms with Crippen LogP contribution in [0.5, 0.6) is 0 Å². The summed E-state index contributed by atoms with van der Waals surface area (Å²) in [6, 6.07) is 1.27. The number of oxazole rings is 1. The number of nitrogens with zero attached hydrogens (tertiary/aromatic N) is 3. The fourth-order valence-corrected chi connectivity index (χ4v) is 2.26. The van der Waals surface area contributed by atoms with E-state index in [4.69, 9.17) is 16.0 Å². The van der Waals surface area contributed by atoms with Crippen LogP contribution < -0.4 is 4.90 Å². The molecule has 0 spiro atoms. The molecule has 0 N–H and O–H groups in total. The van der Waals surface area contributed by atoms with Crippen molar-refractivity contribution in [3.8, 4) is 0 Å². The molecule has 0 bridgehead atoms. The van der Waals surface area contributed by atoms with Gasteiger partial charge in [-0.1, -0.05) is 0 Å². The molecule has 1 unspecified atom stereocenters. The molecular formula is C11H18ClN3O. The second-order valence-corrected chi connectivity index (χ2v) is 4.68. The normalized spacial score (nSPS) is 21.6. The van der Waals surface area contributed by atoms with Gasteiger partial charge in [-0.05, 0) is 26.4 Å². The average molecular weight is 244 g/mol. The topological polar surface area (TPSA) is 32.5 Å². The van der Waals surface area contributed by atoms with E-state index in [1.807, 2.05) is 7.05 Å². The van der Waals surface area contributed by atoms with Crippen LogP contribution in [-0.4, -0.2) is 43.1 Å². The summed E-state index contributed by atoms with van der Waals surface area (Å²) in [5.41, 5.74) is 0.795. The molecule has 1 aromatic rings. The molecule has 16 heavy (non-hydrogen) atoms. The van der Waals surface area contributed by atoms with Crippen LogP contribution in [0, 0.1) is 0 Å². The molecule has 0 aliphatic carbocycles. The first-order valence-corrected chi connectivity index (χ1v) is 6.16. The monoisotopic (exact) mass is 243 g/mol. The van der Waals surface area contributed by atoms with Crippen LogP contribution in [0.3, 0.4) is 0 Å². The number of rotatable bonds is 4.